The van der Waals surface area contributed by atoms with Crippen LogP contribution in [0.4, 0.5) is 11.5 Å². The van der Waals surface area contributed by atoms with Gasteiger partial charge in [-0.1, -0.05) is 11.6 Å². The number of carbonyl (C=O) groups is 2. The molecule has 12 heteroatoms. The summed E-state index contributed by atoms with van der Waals surface area (Å²) in [5, 5.41) is 9.01. The Labute approximate surface area is 226 Å². The molecule has 1 saturated carbocycles. The van der Waals surface area contributed by atoms with E-state index in [1.165, 1.54) is 30.6 Å². The predicted molar refractivity (Wildman–Crippen MR) is 145 cm³/mol. The second-order valence-electron chi connectivity index (χ2n) is 8.98. The van der Waals surface area contributed by atoms with Gasteiger partial charge in [0.05, 0.1) is 27.3 Å². The lowest BCUT2D eigenvalue weighted by atomic mass is 9.93. The lowest BCUT2D eigenvalue weighted by Crippen LogP contribution is -2.34. The zero-order valence-electron chi connectivity index (χ0n) is 20.9. The number of anilines is 2. The van der Waals surface area contributed by atoms with Crippen molar-refractivity contribution in [3.05, 3.63) is 71.1 Å². The Morgan fingerprint density at radius 1 is 1.00 bits per heavy atom. The number of sulfone groups is 1. The first-order valence-electron chi connectivity index (χ1n) is 12.0. The Balaban J connectivity index is 1.58. The maximum absolute atomic E-state index is 13.4. The Hall–Kier alpha value is -3.54. The van der Waals surface area contributed by atoms with Gasteiger partial charge in [0.25, 0.3) is 11.8 Å². The van der Waals surface area contributed by atoms with Crippen LogP contribution >= 0.6 is 11.6 Å². The van der Waals surface area contributed by atoms with Crippen LogP contribution in [0.5, 0.6) is 5.75 Å². The number of rotatable bonds is 8. The highest BCUT2D eigenvalue weighted by Gasteiger charge is 2.25. The topological polar surface area (TPSA) is 139 Å². The van der Waals surface area contributed by atoms with Crippen molar-refractivity contribution in [1.29, 1.82) is 0 Å². The van der Waals surface area contributed by atoms with Crippen LogP contribution in [0.2, 0.25) is 5.02 Å². The van der Waals surface area contributed by atoms with E-state index in [1.54, 1.807) is 24.3 Å². The Kier molecular flexibility index (Phi) is 8.60. The molecule has 38 heavy (non-hydrogen) atoms. The first kappa shape index (κ1) is 27.5. The summed E-state index contributed by atoms with van der Waals surface area (Å²) in [5.74, 6) is -0.725. The number of nitrogens with zero attached hydrogens (tertiary/aromatic N) is 2. The average Bonchev–Trinajstić information content (AvgIpc) is 2.90. The summed E-state index contributed by atoms with van der Waals surface area (Å²) in [6.07, 6.45) is 7.11. The Bertz CT molecular complexity index is 1420. The molecule has 2 aromatic heterocycles. The number of benzene rings is 1. The smallest absolute Gasteiger partial charge is 0.277 e. The van der Waals surface area contributed by atoms with Crippen molar-refractivity contribution in [2.75, 3.05) is 23.9 Å². The summed E-state index contributed by atoms with van der Waals surface area (Å²) in [5.41, 5.74) is 0.276. The van der Waals surface area contributed by atoms with Crippen LogP contribution in [0.3, 0.4) is 0 Å². The molecule has 10 nitrogen and oxygen atoms in total. The molecule has 0 atom stereocenters. The molecule has 0 aliphatic heterocycles. The van der Waals surface area contributed by atoms with Gasteiger partial charge < -0.3 is 20.7 Å². The molecule has 0 bridgehead atoms. The fourth-order valence-corrected chi connectivity index (χ4v) is 4.92. The highest BCUT2D eigenvalue weighted by molar-refractivity contribution is 7.90. The normalized spacial score (nSPS) is 17.4. The van der Waals surface area contributed by atoms with Crippen LogP contribution in [0.15, 0.2) is 59.8 Å². The molecule has 0 unspecified atom stereocenters. The molecule has 200 valence electrons. The fraction of sp³-hybridized carbons (Fsp3) is 0.308. The third-order valence-electron chi connectivity index (χ3n) is 6.24. The second-order valence-corrected chi connectivity index (χ2v) is 11.4. The number of hydrogen-bond acceptors (Lipinski definition) is 8. The molecule has 0 radical (unpaired) electrons. The van der Waals surface area contributed by atoms with E-state index in [9.17, 15) is 18.0 Å². The van der Waals surface area contributed by atoms with Crippen molar-refractivity contribution >= 4 is 44.8 Å². The van der Waals surface area contributed by atoms with Crippen molar-refractivity contribution in [3.63, 3.8) is 0 Å². The standard InChI is InChI=1S/C26H28ClN5O5S/c1-28-17-6-8-18(9-7-17)37-22-14-19(38(2,35)36)10-11-20(22)25(33)31-21-4-3-13-29-24(21)26(34)32-23-12-5-16(27)15-30-23/h3-5,10-15,17-18,28H,6-9H2,1-2H3,(H,31,33)(H,30,32,34)/t17-,18+. The van der Waals surface area contributed by atoms with E-state index in [1.807, 2.05) is 7.05 Å². The van der Waals surface area contributed by atoms with Crippen LogP contribution in [-0.2, 0) is 9.84 Å². The lowest BCUT2D eigenvalue weighted by Gasteiger charge is -2.29. The van der Waals surface area contributed by atoms with Gasteiger partial charge in [-0.3, -0.25) is 9.59 Å². The van der Waals surface area contributed by atoms with E-state index in [0.29, 0.717) is 11.1 Å². The molecule has 1 aliphatic rings. The van der Waals surface area contributed by atoms with Gasteiger partial charge in [-0.15, -0.1) is 0 Å². The Morgan fingerprint density at radius 2 is 1.76 bits per heavy atom. The van der Waals surface area contributed by atoms with E-state index in [4.69, 9.17) is 16.3 Å². The maximum Gasteiger partial charge on any atom is 0.277 e. The highest BCUT2D eigenvalue weighted by atomic mass is 35.5. The molecule has 1 aliphatic carbocycles. The molecule has 2 amide bonds. The van der Waals surface area contributed by atoms with Gasteiger partial charge in [0.15, 0.2) is 15.5 Å². The van der Waals surface area contributed by atoms with Crippen molar-refractivity contribution in [1.82, 2.24) is 15.3 Å². The van der Waals surface area contributed by atoms with Crippen LogP contribution in [0.1, 0.15) is 46.5 Å². The zero-order valence-corrected chi connectivity index (χ0v) is 22.5. The number of carbonyl (C=O) groups excluding carboxylic acids is 2. The molecule has 1 aromatic carbocycles. The van der Waals surface area contributed by atoms with Gasteiger partial charge in [0.2, 0.25) is 0 Å². The first-order valence-corrected chi connectivity index (χ1v) is 14.3. The monoisotopic (exact) mass is 557 g/mol. The van der Waals surface area contributed by atoms with Crippen LogP contribution < -0.4 is 20.7 Å². The van der Waals surface area contributed by atoms with Crippen molar-refractivity contribution in [2.45, 2.75) is 42.7 Å². The highest BCUT2D eigenvalue weighted by Crippen LogP contribution is 2.30. The van der Waals surface area contributed by atoms with Gasteiger partial charge in [0.1, 0.15) is 11.6 Å². The van der Waals surface area contributed by atoms with E-state index < -0.39 is 21.7 Å². The largest absolute Gasteiger partial charge is 0.490 e. The molecular formula is C26H28ClN5O5S. The van der Waals surface area contributed by atoms with Gasteiger partial charge in [-0.2, -0.15) is 0 Å². The summed E-state index contributed by atoms with van der Waals surface area (Å²) in [6, 6.07) is 10.8. The fourth-order valence-electron chi connectivity index (χ4n) is 4.17. The first-order chi connectivity index (χ1) is 18.1. The van der Waals surface area contributed by atoms with Crippen LogP contribution in [0.25, 0.3) is 0 Å². The molecule has 0 saturated heterocycles. The second kappa shape index (κ2) is 11.9. The number of ether oxygens (including phenoxy) is 1. The summed E-state index contributed by atoms with van der Waals surface area (Å²) in [7, 11) is -1.61. The van der Waals surface area contributed by atoms with E-state index >= 15 is 0 Å². The van der Waals surface area contributed by atoms with Gasteiger partial charge >= 0.3 is 0 Å². The van der Waals surface area contributed by atoms with Crippen molar-refractivity contribution in [3.8, 4) is 5.75 Å². The van der Waals surface area contributed by atoms with E-state index in [-0.39, 0.29) is 39.5 Å². The number of aromatic nitrogens is 2. The van der Waals surface area contributed by atoms with Crippen LogP contribution in [0, 0.1) is 0 Å². The minimum absolute atomic E-state index is 0.0294. The molecule has 4 rings (SSSR count). The summed E-state index contributed by atoms with van der Waals surface area (Å²) in [6.45, 7) is 0. The zero-order chi connectivity index (χ0) is 27.3. The molecule has 0 spiro atoms. The third-order valence-corrected chi connectivity index (χ3v) is 7.58. The SMILES string of the molecule is CN[C@H]1CC[C@@H](Oc2cc(S(C)(=O)=O)ccc2C(=O)Nc2cccnc2C(=O)Nc2ccc(Cl)cn2)CC1. The molecule has 3 N–H and O–H groups in total. The maximum atomic E-state index is 13.4. The third kappa shape index (κ3) is 6.85. The quantitative estimate of drug-likeness (QED) is 0.378. The van der Waals surface area contributed by atoms with Crippen molar-refractivity contribution in [2.24, 2.45) is 0 Å². The van der Waals surface area contributed by atoms with Gasteiger partial charge in [-0.25, -0.2) is 18.4 Å². The molecular weight excluding hydrogens is 530 g/mol. The summed E-state index contributed by atoms with van der Waals surface area (Å²) in [4.78, 5) is 34.5. The Morgan fingerprint density at radius 3 is 2.42 bits per heavy atom. The van der Waals surface area contributed by atoms with E-state index in [2.05, 4.69) is 25.9 Å². The predicted octanol–water partition coefficient (Wildman–Crippen LogP) is 3.95. The number of halogens is 1. The van der Waals surface area contributed by atoms with E-state index in [0.717, 1.165) is 31.9 Å². The minimum Gasteiger partial charge on any atom is -0.490 e. The average molecular weight is 558 g/mol. The van der Waals surface area contributed by atoms with Crippen LogP contribution in [-0.4, -0.2) is 55.6 Å². The number of nitrogens with one attached hydrogen (secondary N) is 3. The number of amides is 2. The summed E-state index contributed by atoms with van der Waals surface area (Å²) >= 11 is 5.85. The van der Waals surface area contributed by atoms with Gasteiger partial charge in [-0.05, 0) is 75.2 Å². The minimum atomic E-state index is -3.53. The lowest BCUT2D eigenvalue weighted by molar-refractivity contribution is 0.101. The summed E-state index contributed by atoms with van der Waals surface area (Å²) < 4.78 is 30.6. The molecule has 3 aromatic rings. The molecule has 1 fully saturated rings. The van der Waals surface area contributed by atoms with Gasteiger partial charge in [0, 0.05) is 24.7 Å². The molecule has 2 heterocycles. The number of pyridine rings is 2. The number of hydrogen-bond donors (Lipinski definition) is 3. The van der Waals surface area contributed by atoms with Crippen molar-refractivity contribution < 1.29 is 22.7 Å².